The van der Waals surface area contributed by atoms with Crippen molar-refractivity contribution >= 4 is 48.9 Å². The molecule has 0 saturated heterocycles. The molecule has 4 rings (SSSR count). The van der Waals surface area contributed by atoms with Crippen LogP contribution in [0.3, 0.4) is 0 Å². The second-order valence-corrected chi connectivity index (χ2v) is 17.4. The average molecular weight is 790 g/mol. The number of carboxylic acids is 1. The first-order valence-corrected chi connectivity index (χ1v) is 21.4. The molecular weight excluding hydrogens is 739 g/mol. The summed E-state index contributed by atoms with van der Waals surface area (Å²) in [6, 6.07) is 9.89. The summed E-state index contributed by atoms with van der Waals surface area (Å²) in [5, 5.41) is 10.1. The first-order valence-electron chi connectivity index (χ1n) is 18.2. The Bertz CT molecular complexity index is 2150. The quantitative estimate of drug-likeness (QED) is 0.0387. The molecule has 2 heterocycles. The van der Waals surface area contributed by atoms with E-state index in [4.69, 9.17) is 5.11 Å². The zero-order valence-electron chi connectivity index (χ0n) is 31.4. The highest BCUT2D eigenvalue weighted by Crippen LogP contribution is 2.54. The van der Waals surface area contributed by atoms with Gasteiger partial charge in [0.15, 0.2) is 12.0 Å². The lowest BCUT2D eigenvalue weighted by Gasteiger charge is -2.30. The lowest BCUT2D eigenvalue weighted by Crippen LogP contribution is -2.34. The summed E-state index contributed by atoms with van der Waals surface area (Å²) in [4.78, 5) is 12.9. The highest BCUT2D eigenvalue weighted by molar-refractivity contribution is 7.86. The molecule has 0 amide bonds. The normalized spacial score (nSPS) is 17.1. The van der Waals surface area contributed by atoms with Gasteiger partial charge in [0.05, 0.1) is 29.7 Å². The Hall–Kier alpha value is -3.98. The van der Waals surface area contributed by atoms with E-state index in [-0.39, 0.29) is 47.4 Å². The molecule has 1 atom stereocenters. The maximum atomic E-state index is 16.3. The SMILES string of the molecule is COS(=O)(=O)CCCC[n+]1ccc(/C=C/C=C/C=C2/N(CCCCCC(=O)O)c3c(F)c(C)c(C)c(F)c3C2(C)CCCCS(=O)(=O)O)c2ccccc21. The lowest BCUT2D eigenvalue weighted by atomic mass is 9.76. The minimum absolute atomic E-state index is 0.0130. The van der Waals surface area contributed by atoms with Gasteiger partial charge in [0, 0.05) is 48.2 Å². The minimum atomic E-state index is -4.19. The highest BCUT2D eigenvalue weighted by Gasteiger charge is 2.47. The number of aryl methyl sites for hydroxylation is 1. The summed E-state index contributed by atoms with van der Waals surface area (Å²) in [6.45, 7) is 5.86. The zero-order chi connectivity index (χ0) is 39.7. The van der Waals surface area contributed by atoms with E-state index in [1.54, 1.807) is 24.8 Å². The number of aromatic nitrogens is 1. The number of carbonyl (C=O) groups is 1. The molecule has 0 aliphatic carbocycles. The molecule has 54 heavy (non-hydrogen) atoms. The minimum Gasteiger partial charge on any atom is -0.481 e. The van der Waals surface area contributed by atoms with Gasteiger partial charge in [-0.05, 0) is 81.7 Å². The number of halogens is 2. The van der Waals surface area contributed by atoms with E-state index >= 15 is 8.78 Å². The van der Waals surface area contributed by atoms with Crippen molar-refractivity contribution in [3.63, 3.8) is 0 Å². The molecule has 0 fully saturated rings. The topological polar surface area (TPSA) is 142 Å². The molecule has 10 nitrogen and oxygen atoms in total. The van der Waals surface area contributed by atoms with Crippen LogP contribution in [0.15, 0.2) is 66.5 Å². The Kier molecular flexibility index (Phi) is 14.7. The largest absolute Gasteiger partial charge is 0.481 e. The van der Waals surface area contributed by atoms with Crippen molar-refractivity contribution in [3.05, 3.63) is 100 Å². The van der Waals surface area contributed by atoms with E-state index in [1.807, 2.05) is 67.8 Å². The first kappa shape index (κ1) is 42.8. The number of hydrogen-bond acceptors (Lipinski definition) is 7. The summed E-state index contributed by atoms with van der Waals surface area (Å²) < 4.78 is 94.7. The summed E-state index contributed by atoms with van der Waals surface area (Å²) in [7, 11) is -6.54. The van der Waals surface area contributed by atoms with Gasteiger partial charge < -0.3 is 10.0 Å². The fraction of sp³-hybridized carbons (Fsp3) is 0.450. The van der Waals surface area contributed by atoms with Crippen LogP contribution in [-0.4, -0.2) is 57.6 Å². The molecular formula is C40H51F2N2O8S2+. The second kappa shape index (κ2) is 18.6. The number of unbranched alkanes of at least 4 members (excludes halogenated alkanes) is 4. The molecule has 0 spiro atoms. The van der Waals surface area contributed by atoms with E-state index in [9.17, 15) is 26.2 Å². The van der Waals surface area contributed by atoms with Crippen LogP contribution >= 0.6 is 0 Å². The van der Waals surface area contributed by atoms with Crippen LogP contribution < -0.4 is 9.47 Å². The third kappa shape index (κ3) is 10.6. The van der Waals surface area contributed by atoms with E-state index in [0.717, 1.165) is 23.6 Å². The first-order chi connectivity index (χ1) is 25.5. The predicted octanol–water partition coefficient (Wildman–Crippen LogP) is 7.71. The van der Waals surface area contributed by atoms with Crippen LogP contribution in [0.4, 0.5) is 14.5 Å². The molecule has 3 aromatic rings. The summed E-state index contributed by atoms with van der Waals surface area (Å²) in [5.74, 6) is -2.42. The Balaban J connectivity index is 1.66. The maximum Gasteiger partial charge on any atom is 0.303 e. The van der Waals surface area contributed by atoms with Crippen LogP contribution in [0, 0.1) is 25.5 Å². The van der Waals surface area contributed by atoms with Gasteiger partial charge >= 0.3 is 5.97 Å². The van der Waals surface area contributed by atoms with Crippen LogP contribution in [0.25, 0.3) is 17.0 Å². The predicted molar refractivity (Wildman–Crippen MR) is 207 cm³/mol. The molecule has 0 saturated carbocycles. The molecule has 2 aromatic carbocycles. The number of aliphatic carboxylic acids is 1. The lowest BCUT2D eigenvalue weighted by molar-refractivity contribution is -0.671. The average Bonchev–Trinajstić information content (AvgIpc) is 3.36. The summed E-state index contributed by atoms with van der Waals surface area (Å²) in [5.41, 5.74) is 2.30. The zero-order valence-corrected chi connectivity index (χ0v) is 33.0. The number of benzene rings is 2. The molecule has 1 unspecified atom stereocenters. The highest BCUT2D eigenvalue weighted by atomic mass is 32.2. The van der Waals surface area contributed by atoms with Crippen LogP contribution in [0.1, 0.15) is 87.0 Å². The molecule has 1 aromatic heterocycles. The van der Waals surface area contributed by atoms with Crippen molar-refractivity contribution in [2.75, 3.05) is 30.1 Å². The van der Waals surface area contributed by atoms with Crippen molar-refractivity contribution < 1.29 is 48.8 Å². The van der Waals surface area contributed by atoms with Gasteiger partial charge in [0.2, 0.25) is 5.52 Å². The number of nitrogens with zero attached hydrogens (tertiary/aromatic N) is 2. The molecule has 294 valence electrons. The molecule has 0 radical (unpaired) electrons. The van der Waals surface area contributed by atoms with Crippen molar-refractivity contribution in [2.45, 2.75) is 90.5 Å². The molecule has 1 aliphatic heterocycles. The van der Waals surface area contributed by atoms with Crippen molar-refractivity contribution in [3.8, 4) is 0 Å². The monoisotopic (exact) mass is 789 g/mol. The van der Waals surface area contributed by atoms with E-state index < -0.39 is 49.0 Å². The van der Waals surface area contributed by atoms with E-state index in [1.165, 1.54) is 0 Å². The molecule has 2 N–H and O–H groups in total. The summed E-state index contributed by atoms with van der Waals surface area (Å²) >= 11 is 0. The third-order valence-electron chi connectivity index (χ3n) is 10.2. The number of para-hydroxylation sites is 1. The fourth-order valence-electron chi connectivity index (χ4n) is 7.12. The second-order valence-electron chi connectivity index (χ2n) is 13.9. The Morgan fingerprint density at radius 1 is 0.907 bits per heavy atom. The smallest absolute Gasteiger partial charge is 0.303 e. The number of carboxylic acid groups (broad SMARTS) is 1. The number of anilines is 1. The number of hydrogen-bond donors (Lipinski definition) is 2. The van der Waals surface area contributed by atoms with Gasteiger partial charge in [0.1, 0.15) is 12.4 Å². The van der Waals surface area contributed by atoms with Gasteiger partial charge in [-0.2, -0.15) is 21.4 Å². The van der Waals surface area contributed by atoms with Crippen LogP contribution in [-0.2, 0) is 41.2 Å². The number of rotatable bonds is 20. The van der Waals surface area contributed by atoms with Crippen molar-refractivity contribution in [1.29, 1.82) is 0 Å². The fourth-order valence-corrected chi connectivity index (χ4v) is 8.41. The van der Waals surface area contributed by atoms with Gasteiger partial charge in [-0.1, -0.05) is 49.3 Å². The molecule has 1 aliphatic rings. The van der Waals surface area contributed by atoms with Crippen molar-refractivity contribution in [1.82, 2.24) is 0 Å². The van der Waals surface area contributed by atoms with Crippen LogP contribution in [0.5, 0.6) is 0 Å². The number of pyridine rings is 1. The van der Waals surface area contributed by atoms with Gasteiger partial charge in [-0.3, -0.25) is 13.5 Å². The van der Waals surface area contributed by atoms with Crippen molar-refractivity contribution in [2.24, 2.45) is 0 Å². The number of fused-ring (bicyclic) bond motifs is 2. The Labute approximate surface area is 317 Å². The third-order valence-corrected chi connectivity index (χ3v) is 12.3. The van der Waals surface area contributed by atoms with Gasteiger partial charge in [-0.15, -0.1) is 0 Å². The molecule has 14 heteroatoms. The summed E-state index contributed by atoms with van der Waals surface area (Å²) in [6.07, 6.45) is 14.7. The number of allylic oxidation sites excluding steroid dienone is 5. The van der Waals surface area contributed by atoms with Gasteiger partial charge in [0.25, 0.3) is 20.2 Å². The Morgan fingerprint density at radius 3 is 2.31 bits per heavy atom. The van der Waals surface area contributed by atoms with E-state index in [0.29, 0.717) is 57.3 Å². The van der Waals surface area contributed by atoms with Gasteiger partial charge in [-0.25, -0.2) is 8.78 Å². The van der Waals surface area contributed by atoms with E-state index in [2.05, 4.69) is 8.75 Å². The van der Waals surface area contributed by atoms with Crippen LogP contribution in [0.2, 0.25) is 0 Å². The standard InChI is InChI=1S/C40H50F2N2O8S2/c1-29-30(2)38(42)39-36(37(29)41)40(3,23-12-15-27-53(47,48)49)34(44(39)25-13-6-9-21-35(45)46)20-8-5-7-17-31-22-26-43(33-19-11-10-18-32(31)33)24-14-16-28-54(50,51)52-4/h5,7-8,10-11,17-20,22,26H,6,9,12-16,21,23-25,27-28H2,1-4H3,(H-,45,46,47,48,49)/p+1. The Morgan fingerprint density at radius 2 is 1.61 bits per heavy atom. The maximum absolute atomic E-state index is 16.3. The molecule has 0 bridgehead atoms.